The summed E-state index contributed by atoms with van der Waals surface area (Å²) < 4.78 is 1.79. The van der Waals surface area contributed by atoms with Crippen LogP contribution >= 0.6 is 43.5 Å². The van der Waals surface area contributed by atoms with Crippen LogP contribution in [0.2, 0.25) is 5.02 Å². The smallest absolute Gasteiger partial charge is 0.243 e. The van der Waals surface area contributed by atoms with E-state index in [1.165, 1.54) is 0 Å². The van der Waals surface area contributed by atoms with Crippen LogP contribution in [0.3, 0.4) is 0 Å². The van der Waals surface area contributed by atoms with Gasteiger partial charge in [-0.1, -0.05) is 17.7 Å². The molecule has 104 valence electrons. The Morgan fingerprint density at radius 1 is 1.05 bits per heavy atom. The van der Waals surface area contributed by atoms with E-state index < -0.39 is 0 Å². The van der Waals surface area contributed by atoms with Gasteiger partial charge in [-0.3, -0.25) is 4.79 Å². The minimum atomic E-state index is -0.130. The average Bonchev–Trinajstić information content (AvgIpc) is 2.41. The van der Waals surface area contributed by atoms with Gasteiger partial charge in [0.2, 0.25) is 5.91 Å². The maximum absolute atomic E-state index is 11.9. The zero-order chi connectivity index (χ0) is 14.5. The van der Waals surface area contributed by atoms with Crippen LogP contribution in [-0.4, -0.2) is 12.5 Å². The molecule has 2 aromatic carbocycles. The van der Waals surface area contributed by atoms with E-state index in [9.17, 15) is 4.79 Å². The molecule has 2 N–H and O–H groups in total. The Balaban J connectivity index is 1.94. The van der Waals surface area contributed by atoms with E-state index in [1.54, 1.807) is 24.3 Å². The van der Waals surface area contributed by atoms with E-state index in [2.05, 4.69) is 42.5 Å². The summed E-state index contributed by atoms with van der Waals surface area (Å²) in [5.41, 5.74) is 1.56. The van der Waals surface area contributed by atoms with Crippen molar-refractivity contribution in [2.75, 3.05) is 17.2 Å². The third-order valence-corrected chi connectivity index (χ3v) is 4.09. The molecule has 0 fully saturated rings. The summed E-state index contributed by atoms with van der Waals surface area (Å²) in [6.07, 6.45) is 0. The van der Waals surface area contributed by atoms with Gasteiger partial charge in [0.05, 0.1) is 12.2 Å². The summed E-state index contributed by atoms with van der Waals surface area (Å²) in [7, 11) is 0. The highest BCUT2D eigenvalue weighted by molar-refractivity contribution is 9.11. The number of anilines is 2. The number of carbonyl (C=O) groups is 1. The van der Waals surface area contributed by atoms with Crippen molar-refractivity contribution in [2.24, 2.45) is 0 Å². The van der Waals surface area contributed by atoms with Crippen LogP contribution in [0, 0.1) is 0 Å². The highest BCUT2D eigenvalue weighted by atomic mass is 79.9. The lowest BCUT2D eigenvalue weighted by atomic mass is 10.3. The Morgan fingerprint density at radius 3 is 2.25 bits per heavy atom. The van der Waals surface area contributed by atoms with Crippen molar-refractivity contribution in [3.05, 3.63) is 56.4 Å². The lowest BCUT2D eigenvalue weighted by Crippen LogP contribution is -2.22. The molecule has 0 aliphatic carbocycles. The maximum Gasteiger partial charge on any atom is 0.243 e. The van der Waals surface area contributed by atoms with Crippen molar-refractivity contribution in [3.63, 3.8) is 0 Å². The zero-order valence-electron chi connectivity index (χ0n) is 10.3. The van der Waals surface area contributed by atoms with Gasteiger partial charge in [0.15, 0.2) is 0 Å². The summed E-state index contributed by atoms with van der Waals surface area (Å²) in [6.45, 7) is 0.170. The third-order valence-electron chi connectivity index (χ3n) is 2.52. The number of rotatable bonds is 4. The molecule has 2 rings (SSSR count). The van der Waals surface area contributed by atoms with Crippen molar-refractivity contribution in [3.8, 4) is 0 Å². The Bertz CT molecular complexity index is 597. The van der Waals surface area contributed by atoms with Gasteiger partial charge in [-0.15, -0.1) is 0 Å². The Labute approximate surface area is 139 Å². The number of amides is 1. The van der Waals surface area contributed by atoms with Crippen LogP contribution in [-0.2, 0) is 4.79 Å². The fraction of sp³-hybridized carbons (Fsp3) is 0.0714. The van der Waals surface area contributed by atoms with Gasteiger partial charge in [-0.05, 0) is 68.3 Å². The molecule has 0 spiro atoms. The topological polar surface area (TPSA) is 41.1 Å². The van der Waals surface area contributed by atoms with E-state index in [4.69, 9.17) is 11.6 Å². The monoisotopic (exact) mass is 416 g/mol. The first-order valence-corrected chi connectivity index (χ1v) is 7.76. The maximum atomic E-state index is 11.9. The van der Waals surface area contributed by atoms with Crippen molar-refractivity contribution in [2.45, 2.75) is 0 Å². The Kier molecular flexibility index (Phi) is 5.46. The molecule has 6 heteroatoms. The summed E-state index contributed by atoms with van der Waals surface area (Å²) in [5.74, 6) is -0.130. The van der Waals surface area contributed by atoms with Crippen molar-refractivity contribution >= 4 is 60.7 Å². The van der Waals surface area contributed by atoms with E-state index >= 15 is 0 Å². The number of nitrogens with one attached hydrogen (secondary N) is 2. The molecule has 0 unspecified atom stereocenters. The molecule has 0 bridgehead atoms. The second kappa shape index (κ2) is 7.11. The third kappa shape index (κ3) is 4.23. The first kappa shape index (κ1) is 15.4. The standard InChI is InChI=1S/C14H11Br2ClN2O/c15-11-2-1-3-12(16)14(11)18-8-13(20)19-10-6-4-9(17)5-7-10/h1-7,18H,8H2,(H,19,20). The number of hydrogen-bond acceptors (Lipinski definition) is 2. The van der Waals surface area contributed by atoms with E-state index in [0.29, 0.717) is 10.7 Å². The minimum Gasteiger partial charge on any atom is -0.374 e. The number of hydrogen-bond donors (Lipinski definition) is 2. The SMILES string of the molecule is O=C(CNc1c(Br)cccc1Br)Nc1ccc(Cl)cc1. The average molecular weight is 419 g/mol. The highest BCUT2D eigenvalue weighted by Crippen LogP contribution is 2.30. The van der Waals surface area contributed by atoms with Crippen LogP contribution in [0.5, 0.6) is 0 Å². The quantitative estimate of drug-likeness (QED) is 0.740. The molecule has 3 nitrogen and oxygen atoms in total. The Morgan fingerprint density at radius 2 is 1.65 bits per heavy atom. The molecular formula is C14H11Br2ClN2O. The first-order chi connectivity index (χ1) is 9.56. The van der Waals surface area contributed by atoms with Gasteiger partial charge >= 0.3 is 0 Å². The molecule has 0 aliphatic heterocycles. The summed E-state index contributed by atoms with van der Waals surface area (Å²) in [5, 5.41) is 6.51. The van der Waals surface area contributed by atoms with Gasteiger partial charge in [0.1, 0.15) is 0 Å². The molecule has 0 aliphatic rings. The molecule has 20 heavy (non-hydrogen) atoms. The molecule has 0 aromatic heterocycles. The predicted octanol–water partition coefficient (Wildman–Crippen LogP) is 4.92. The predicted molar refractivity (Wildman–Crippen MR) is 90.4 cm³/mol. The van der Waals surface area contributed by atoms with Crippen molar-refractivity contribution in [1.29, 1.82) is 0 Å². The number of benzene rings is 2. The normalized spacial score (nSPS) is 10.2. The number of para-hydroxylation sites is 1. The lowest BCUT2D eigenvalue weighted by Gasteiger charge is -2.11. The zero-order valence-corrected chi connectivity index (χ0v) is 14.2. The van der Waals surface area contributed by atoms with E-state index in [0.717, 1.165) is 14.6 Å². The molecule has 2 aromatic rings. The molecule has 0 radical (unpaired) electrons. The molecule has 0 saturated heterocycles. The largest absolute Gasteiger partial charge is 0.374 e. The summed E-state index contributed by atoms with van der Waals surface area (Å²) in [6, 6.07) is 12.7. The van der Waals surface area contributed by atoms with E-state index in [-0.39, 0.29) is 12.5 Å². The number of carbonyl (C=O) groups excluding carboxylic acids is 1. The number of halogens is 3. The van der Waals surface area contributed by atoms with Gasteiger partial charge < -0.3 is 10.6 Å². The van der Waals surface area contributed by atoms with Crippen LogP contribution in [0.15, 0.2) is 51.4 Å². The van der Waals surface area contributed by atoms with Crippen molar-refractivity contribution < 1.29 is 4.79 Å². The molecule has 0 heterocycles. The fourth-order valence-electron chi connectivity index (χ4n) is 1.57. The molecule has 1 amide bonds. The second-order valence-corrected chi connectivity index (χ2v) is 6.15. The lowest BCUT2D eigenvalue weighted by molar-refractivity contribution is -0.114. The fourth-order valence-corrected chi connectivity index (χ4v) is 2.98. The van der Waals surface area contributed by atoms with Gasteiger partial charge in [0, 0.05) is 19.7 Å². The molecule has 0 atom stereocenters. The van der Waals surface area contributed by atoms with Crippen LogP contribution < -0.4 is 10.6 Å². The minimum absolute atomic E-state index is 0.130. The van der Waals surface area contributed by atoms with Crippen molar-refractivity contribution in [1.82, 2.24) is 0 Å². The highest BCUT2D eigenvalue weighted by Gasteiger charge is 2.07. The second-order valence-electron chi connectivity index (χ2n) is 4.01. The van der Waals surface area contributed by atoms with Gasteiger partial charge in [-0.2, -0.15) is 0 Å². The van der Waals surface area contributed by atoms with Crippen LogP contribution in [0.1, 0.15) is 0 Å². The molecular weight excluding hydrogens is 407 g/mol. The Hall–Kier alpha value is -1.04. The molecule has 0 saturated carbocycles. The van der Waals surface area contributed by atoms with Crippen LogP contribution in [0.4, 0.5) is 11.4 Å². The van der Waals surface area contributed by atoms with E-state index in [1.807, 2.05) is 18.2 Å². The summed E-state index contributed by atoms with van der Waals surface area (Å²) >= 11 is 12.7. The van der Waals surface area contributed by atoms with Crippen LogP contribution in [0.25, 0.3) is 0 Å². The van der Waals surface area contributed by atoms with Gasteiger partial charge in [0.25, 0.3) is 0 Å². The first-order valence-electron chi connectivity index (χ1n) is 5.79. The van der Waals surface area contributed by atoms with Gasteiger partial charge in [-0.25, -0.2) is 0 Å². The summed E-state index contributed by atoms with van der Waals surface area (Å²) in [4.78, 5) is 11.9.